The van der Waals surface area contributed by atoms with Crippen molar-refractivity contribution in [2.45, 2.75) is 140 Å². The molecule has 12 heteroatoms. The van der Waals surface area contributed by atoms with Crippen LogP contribution >= 0.6 is 0 Å². The lowest BCUT2D eigenvalue weighted by atomic mass is 9.55. The highest BCUT2D eigenvalue weighted by atomic mass is 16.8. The molecule has 5 aliphatic rings. The smallest absolute Gasteiger partial charge is 0.412 e. The Labute approximate surface area is 390 Å². The number of nitrogens with zero attached hydrogens (tertiary/aromatic N) is 2. The van der Waals surface area contributed by atoms with E-state index < -0.39 is 30.1 Å². The van der Waals surface area contributed by atoms with E-state index >= 15 is 4.79 Å². The summed E-state index contributed by atoms with van der Waals surface area (Å²) in [4.78, 5) is 36.8. The molecule has 356 valence electrons. The van der Waals surface area contributed by atoms with Crippen LogP contribution in [-0.2, 0) is 25.7 Å². The first-order chi connectivity index (χ1) is 32.4. The van der Waals surface area contributed by atoms with Gasteiger partial charge >= 0.3 is 6.09 Å². The highest BCUT2D eigenvalue weighted by Gasteiger charge is 2.65. The number of carbonyl (C=O) groups is 2. The number of aliphatic hydroxyl groups is 2. The van der Waals surface area contributed by atoms with Crippen LogP contribution in [0, 0.1) is 23.7 Å². The molecule has 0 spiro atoms. The fourth-order valence-electron chi connectivity index (χ4n) is 11.7. The fraction of sp³-hybridized carbons (Fsp3) is 0.574. The molecule has 3 N–H and O–H groups in total. The average Bonchev–Trinajstić information content (AvgIpc) is 3.87. The molecular formula is C54H71N3O9. The number of aliphatic hydroxyl groups excluding tert-OH is 2. The standard InChI is InChI=1S/C54H71N3O9/c1-3-31-63-54-48(57(49(60)28-25-37-16-5-6-17-37)36-40-21-15-20-38-18-7-8-22-42(38)40)35-46(56-66-50-24-11-14-32-62-50)44-33-39(19-9-12-29-58)43(23-10-13-30-59)51(52(44)54)45-34-41(26-27-47(45)65-54)64-53(61)55-4-2/h3,7-8,15,18,20-22,26-27,33-34,37,39,43,48,50-52,58-59H,1,4-6,9-14,16-17,19,23-25,28-32,35-36H2,2H3,(H,55,61). The number of oxime groups is 1. The van der Waals surface area contributed by atoms with E-state index in [0.29, 0.717) is 62.8 Å². The molecule has 2 aliphatic heterocycles. The Kier molecular flexibility index (Phi) is 16.5. The van der Waals surface area contributed by atoms with Crippen LogP contribution in [0.15, 0.2) is 90.1 Å². The molecule has 0 bridgehead atoms. The number of nitrogens with one attached hydrogen (secondary N) is 1. The highest BCUT2D eigenvalue weighted by Crippen LogP contribution is 2.62. The molecule has 0 aromatic heterocycles. The Morgan fingerprint density at radius 1 is 0.955 bits per heavy atom. The molecular weight excluding hydrogens is 835 g/mol. The van der Waals surface area contributed by atoms with Crippen molar-refractivity contribution in [3.63, 3.8) is 0 Å². The van der Waals surface area contributed by atoms with Crippen molar-refractivity contribution in [3.05, 3.63) is 96.1 Å². The molecule has 0 radical (unpaired) electrons. The monoisotopic (exact) mass is 906 g/mol. The van der Waals surface area contributed by atoms with Gasteiger partial charge in [0.2, 0.25) is 18.0 Å². The number of unbranched alkanes of at least 4 members (excludes halogenated alkanes) is 2. The maximum Gasteiger partial charge on any atom is 0.412 e. The Morgan fingerprint density at radius 3 is 2.52 bits per heavy atom. The Balaban J connectivity index is 1.34. The fourth-order valence-corrected chi connectivity index (χ4v) is 11.7. The second-order valence-electron chi connectivity index (χ2n) is 18.9. The molecule has 8 rings (SSSR count). The zero-order chi connectivity index (χ0) is 45.9. The summed E-state index contributed by atoms with van der Waals surface area (Å²) in [6.07, 6.45) is 16.5. The second-order valence-corrected chi connectivity index (χ2v) is 18.9. The Hall–Kier alpha value is -4.75. The lowest BCUT2D eigenvalue weighted by Crippen LogP contribution is -2.70. The third kappa shape index (κ3) is 10.7. The molecule has 3 aromatic carbocycles. The molecule has 66 heavy (non-hydrogen) atoms. The number of rotatable bonds is 21. The van der Waals surface area contributed by atoms with Gasteiger partial charge in [-0.15, -0.1) is 6.58 Å². The molecule has 3 fully saturated rings. The minimum atomic E-state index is -1.42. The highest BCUT2D eigenvalue weighted by molar-refractivity contribution is 6.03. The van der Waals surface area contributed by atoms with Gasteiger partial charge in [-0.3, -0.25) is 4.79 Å². The Morgan fingerprint density at radius 2 is 1.74 bits per heavy atom. The number of carbonyl (C=O) groups excluding carboxylic acids is 2. The van der Waals surface area contributed by atoms with Crippen LogP contribution in [0.5, 0.6) is 11.5 Å². The third-order valence-corrected chi connectivity index (χ3v) is 14.8. The number of amides is 2. The SMILES string of the molecule is C=CCOC12Oc3ccc(OC(=O)NCC)cc3C3C(CCCCO)C(CCCCO)C=C(C(=NOC4CCCCO4)CC1N(Cc1cccc4ccccc14)C(=O)CCC1CCCC1)C32. The lowest BCUT2D eigenvalue weighted by Gasteiger charge is -2.60. The van der Waals surface area contributed by atoms with Crippen LogP contribution in [0.4, 0.5) is 4.79 Å². The molecule has 2 amide bonds. The van der Waals surface area contributed by atoms with E-state index in [1.165, 1.54) is 12.8 Å². The van der Waals surface area contributed by atoms with Crippen LogP contribution in [0.3, 0.4) is 0 Å². The molecule has 12 nitrogen and oxygen atoms in total. The maximum absolute atomic E-state index is 15.5. The first-order valence-corrected chi connectivity index (χ1v) is 24.9. The normalized spacial score (nSPS) is 26.5. The van der Waals surface area contributed by atoms with Gasteiger partial charge in [-0.05, 0) is 110 Å². The van der Waals surface area contributed by atoms with Crippen LogP contribution in [0.2, 0.25) is 0 Å². The summed E-state index contributed by atoms with van der Waals surface area (Å²) < 4.78 is 26.7. The van der Waals surface area contributed by atoms with E-state index in [-0.39, 0.29) is 43.5 Å². The van der Waals surface area contributed by atoms with Gasteiger partial charge in [0.25, 0.3) is 0 Å². The van der Waals surface area contributed by atoms with Gasteiger partial charge in [0.1, 0.15) is 17.5 Å². The topological polar surface area (TPSA) is 148 Å². The zero-order valence-electron chi connectivity index (χ0n) is 38.9. The number of benzene rings is 3. The first kappa shape index (κ1) is 47.7. The van der Waals surface area contributed by atoms with Crippen molar-refractivity contribution in [2.75, 3.05) is 33.0 Å². The van der Waals surface area contributed by atoms with Crippen LogP contribution in [0.25, 0.3) is 10.8 Å². The van der Waals surface area contributed by atoms with E-state index in [1.807, 2.05) is 36.1 Å². The number of ether oxygens (including phenoxy) is 4. The third-order valence-electron chi connectivity index (χ3n) is 14.8. The predicted octanol–water partition coefficient (Wildman–Crippen LogP) is 10.1. The molecule has 3 aliphatic carbocycles. The summed E-state index contributed by atoms with van der Waals surface area (Å²) in [6, 6.07) is 19.5. The van der Waals surface area contributed by atoms with Crippen LogP contribution < -0.4 is 14.8 Å². The summed E-state index contributed by atoms with van der Waals surface area (Å²) in [6.45, 7) is 7.65. The quantitative estimate of drug-likeness (QED) is 0.0540. The minimum Gasteiger partial charge on any atom is -0.459 e. The number of fused-ring (bicyclic) bond motifs is 3. The number of allylic oxidation sites excluding steroid dienone is 1. The molecule has 7 unspecified atom stereocenters. The van der Waals surface area contributed by atoms with E-state index in [2.05, 4.69) is 48.3 Å². The maximum atomic E-state index is 15.5. The second kappa shape index (κ2) is 22.8. The van der Waals surface area contributed by atoms with Gasteiger partial charge in [0, 0.05) is 57.0 Å². The molecule has 1 saturated heterocycles. The number of hydrogen-bond donors (Lipinski definition) is 3. The van der Waals surface area contributed by atoms with Gasteiger partial charge < -0.3 is 44.2 Å². The van der Waals surface area contributed by atoms with E-state index in [9.17, 15) is 15.0 Å². The van der Waals surface area contributed by atoms with Crippen LogP contribution in [0.1, 0.15) is 127 Å². The van der Waals surface area contributed by atoms with Gasteiger partial charge in [-0.25, -0.2) is 4.79 Å². The lowest BCUT2D eigenvalue weighted by molar-refractivity contribution is -0.258. The predicted molar refractivity (Wildman–Crippen MR) is 255 cm³/mol. The van der Waals surface area contributed by atoms with Crippen molar-refractivity contribution < 1.29 is 43.6 Å². The van der Waals surface area contributed by atoms with E-state index in [1.54, 1.807) is 12.1 Å². The van der Waals surface area contributed by atoms with Gasteiger partial charge in [-0.1, -0.05) is 98.3 Å². The van der Waals surface area contributed by atoms with Gasteiger partial charge in [0.15, 0.2) is 0 Å². The molecule has 7 atom stereocenters. The van der Waals surface area contributed by atoms with Crippen molar-refractivity contribution in [3.8, 4) is 11.5 Å². The van der Waals surface area contributed by atoms with Crippen molar-refractivity contribution in [1.82, 2.24) is 10.2 Å². The average molecular weight is 906 g/mol. The van der Waals surface area contributed by atoms with Gasteiger partial charge in [-0.2, -0.15) is 0 Å². The van der Waals surface area contributed by atoms with Gasteiger partial charge in [0.05, 0.1) is 24.8 Å². The summed E-state index contributed by atoms with van der Waals surface area (Å²) in [7, 11) is 0. The summed E-state index contributed by atoms with van der Waals surface area (Å²) in [5.41, 5.74) is 3.60. The van der Waals surface area contributed by atoms with Crippen molar-refractivity contribution in [1.29, 1.82) is 0 Å². The van der Waals surface area contributed by atoms with E-state index in [0.717, 1.165) is 97.4 Å². The summed E-state index contributed by atoms with van der Waals surface area (Å²) in [5.74, 6) is -0.557. The summed E-state index contributed by atoms with van der Waals surface area (Å²) >= 11 is 0. The van der Waals surface area contributed by atoms with Crippen molar-refractivity contribution >= 4 is 28.5 Å². The molecule has 2 heterocycles. The van der Waals surface area contributed by atoms with Crippen molar-refractivity contribution in [2.24, 2.45) is 28.8 Å². The number of hydrogen-bond acceptors (Lipinski definition) is 10. The first-order valence-electron chi connectivity index (χ1n) is 24.9. The summed E-state index contributed by atoms with van der Waals surface area (Å²) in [5, 5.41) is 30.0. The van der Waals surface area contributed by atoms with Crippen LogP contribution in [-0.4, -0.2) is 83.9 Å². The molecule has 2 saturated carbocycles. The zero-order valence-corrected chi connectivity index (χ0v) is 38.9. The minimum absolute atomic E-state index is 0.0187. The largest absolute Gasteiger partial charge is 0.459 e. The Bertz CT molecular complexity index is 2170. The molecule has 3 aromatic rings. The van der Waals surface area contributed by atoms with E-state index in [4.69, 9.17) is 28.9 Å².